The van der Waals surface area contributed by atoms with E-state index in [2.05, 4.69) is 5.32 Å². The highest BCUT2D eigenvalue weighted by Gasteiger charge is 2.30. The van der Waals surface area contributed by atoms with Crippen molar-refractivity contribution in [3.63, 3.8) is 0 Å². The van der Waals surface area contributed by atoms with E-state index in [4.69, 9.17) is 11.6 Å². The molecule has 1 aliphatic heterocycles. The van der Waals surface area contributed by atoms with Gasteiger partial charge in [-0.25, -0.2) is 8.42 Å². The predicted octanol–water partition coefficient (Wildman–Crippen LogP) is 1.51. The normalized spacial score (nSPS) is 19.9. The fraction of sp³-hybridized carbons (Fsp3) is 0.562. The monoisotopic (exact) mass is 358 g/mol. The van der Waals surface area contributed by atoms with E-state index in [0.717, 1.165) is 12.0 Å². The molecule has 128 valence electrons. The van der Waals surface area contributed by atoms with Crippen LogP contribution in [-0.4, -0.2) is 56.9 Å². The maximum atomic E-state index is 11.9. The van der Waals surface area contributed by atoms with Crippen LogP contribution in [0.5, 0.6) is 0 Å². The fourth-order valence-electron chi connectivity index (χ4n) is 2.71. The van der Waals surface area contributed by atoms with E-state index >= 15 is 0 Å². The lowest BCUT2D eigenvalue weighted by molar-refractivity contribution is -0.121. The number of nitrogens with zero attached hydrogens (tertiary/aromatic N) is 1. The summed E-state index contributed by atoms with van der Waals surface area (Å²) in [5, 5.41) is 3.58. The van der Waals surface area contributed by atoms with Gasteiger partial charge in [0.1, 0.15) is 0 Å². The van der Waals surface area contributed by atoms with Crippen molar-refractivity contribution in [3.8, 4) is 0 Å². The quantitative estimate of drug-likeness (QED) is 0.802. The van der Waals surface area contributed by atoms with Gasteiger partial charge in [-0.05, 0) is 37.6 Å². The van der Waals surface area contributed by atoms with Crippen LogP contribution in [-0.2, 0) is 21.1 Å². The molecule has 0 radical (unpaired) electrons. The first-order chi connectivity index (χ1) is 10.9. The van der Waals surface area contributed by atoms with Crippen molar-refractivity contribution in [1.82, 2.24) is 10.2 Å². The van der Waals surface area contributed by atoms with E-state index in [1.807, 2.05) is 36.2 Å². The molecule has 1 aliphatic rings. The van der Waals surface area contributed by atoms with Crippen LogP contribution in [0.25, 0.3) is 0 Å². The number of rotatable bonds is 7. The molecular weight excluding hydrogens is 336 g/mol. The summed E-state index contributed by atoms with van der Waals surface area (Å²) in [4.78, 5) is 13.8. The third-order valence-electron chi connectivity index (χ3n) is 4.15. The second kappa shape index (κ2) is 8.13. The molecule has 1 atom stereocenters. The summed E-state index contributed by atoms with van der Waals surface area (Å²) < 4.78 is 22.9. The second-order valence-electron chi connectivity index (χ2n) is 6.02. The Balaban J connectivity index is 1.65. The first-order valence-electron chi connectivity index (χ1n) is 7.77. The van der Waals surface area contributed by atoms with Crippen LogP contribution < -0.4 is 5.32 Å². The number of sulfone groups is 1. The van der Waals surface area contributed by atoms with Gasteiger partial charge in [0.05, 0.1) is 11.5 Å². The van der Waals surface area contributed by atoms with Crippen LogP contribution in [0.15, 0.2) is 24.3 Å². The molecule has 5 nitrogen and oxygen atoms in total. The summed E-state index contributed by atoms with van der Waals surface area (Å²) >= 11 is 5.92. The molecular formula is C16H23ClN2O3S. The zero-order chi connectivity index (χ0) is 16.9. The number of carbonyl (C=O) groups excluding carboxylic acids is 1. The van der Waals surface area contributed by atoms with Crippen molar-refractivity contribution in [1.29, 1.82) is 0 Å². The number of nitrogens with one attached hydrogen (secondary N) is 1. The number of carbonyl (C=O) groups is 1. The standard InChI is InChI=1S/C16H23ClN2O3S/c1-19(15-7-10-23(21,22)12-15)9-6-16(20)18-8-5-13-3-2-4-14(17)11-13/h2-4,11,15H,5-10,12H2,1H3,(H,18,20)/t15-/m0/s1. The number of benzene rings is 1. The molecule has 0 saturated carbocycles. The predicted molar refractivity (Wildman–Crippen MR) is 92.5 cm³/mol. The minimum absolute atomic E-state index is 0.0141. The summed E-state index contributed by atoms with van der Waals surface area (Å²) in [5.74, 6) is 0.452. The molecule has 1 fully saturated rings. The Morgan fingerprint density at radius 1 is 1.43 bits per heavy atom. The van der Waals surface area contributed by atoms with Gasteiger partial charge in [0.2, 0.25) is 5.91 Å². The van der Waals surface area contributed by atoms with E-state index in [0.29, 0.717) is 31.0 Å². The van der Waals surface area contributed by atoms with Crippen molar-refractivity contribution in [2.24, 2.45) is 0 Å². The highest BCUT2D eigenvalue weighted by Crippen LogP contribution is 2.16. The van der Waals surface area contributed by atoms with Crippen LogP contribution >= 0.6 is 11.6 Å². The molecule has 1 N–H and O–H groups in total. The Morgan fingerprint density at radius 2 is 2.22 bits per heavy atom. The third kappa shape index (κ3) is 6.12. The first-order valence-corrected chi connectivity index (χ1v) is 9.97. The summed E-state index contributed by atoms with van der Waals surface area (Å²) in [5.41, 5.74) is 1.09. The second-order valence-corrected chi connectivity index (χ2v) is 8.68. The highest BCUT2D eigenvalue weighted by molar-refractivity contribution is 7.91. The maximum Gasteiger partial charge on any atom is 0.221 e. The molecule has 1 saturated heterocycles. The van der Waals surface area contributed by atoms with E-state index in [9.17, 15) is 13.2 Å². The van der Waals surface area contributed by atoms with Gasteiger partial charge in [0, 0.05) is 30.6 Å². The summed E-state index contributed by atoms with van der Waals surface area (Å²) in [6.45, 7) is 1.14. The Labute approximate surface area is 142 Å². The van der Waals surface area contributed by atoms with Crippen LogP contribution in [0, 0.1) is 0 Å². The van der Waals surface area contributed by atoms with Crippen molar-refractivity contribution in [2.45, 2.75) is 25.3 Å². The van der Waals surface area contributed by atoms with Gasteiger partial charge in [0.25, 0.3) is 0 Å². The van der Waals surface area contributed by atoms with Crippen LogP contribution in [0.1, 0.15) is 18.4 Å². The molecule has 23 heavy (non-hydrogen) atoms. The van der Waals surface area contributed by atoms with Gasteiger partial charge in [-0.3, -0.25) is 4.79 Å². The molecule has 0 aliphatic carbocycles. The van der Waals surface area contributed by atoms with Crippen molar-refractivity contribution >= 4 is 27.3 Å². The zero-order valence-corrected chi connectivity index (χ0v) is 14.9. The largest absolute Gasteiger partial charge is 0.356 e. The molecule has 1 aromatic carbocycles. The number of hydrogen-bond donors (Lipinski definition) is 1. The Hall–Kier alpha value is -1.11. The molecule has 1 aromatic rings. The molecule has 0 spiro atoms. The molecule has 7 heteroatoms. The molecule has 2 rings (SSSR count). The van der Waals surface area contributed by atoms with Crippen LogP contribution in [0.4, 0.5) is 0 Å². The topological polar surface area (TPSA) is 66.5 Å². The Kier molecular flexibility index (Phi) is 6.44. The van der Waals surface area contributed by atoms with Gasteiger partial charge < -0.3 is 10.2 Å². The average molecular weight is 359 g/mol. The van der Waals surface area contributed by atoms with E-state index < -0.39 is 9.84 Å². The Bertz CT molecular complexity index is 648. The first kappa shape index (κ1) is 18.2. The highest BCUT2D eigenvalue weighted by atomic mass is 35.5. The summed E-state index contributed by atoms with van der Waals surface area (Å²) in [7, 11) is -1.00. The smallest absolute Gasteiger partial charge is 0.221 e. The number of hydrogen-bond acceptors (Lipinski definition) is 4. The van der Waals surface area contributed by atoms with E-state index in [-0.39, 0.29) is 23.5 Å². The third-order valence-corrected chi connectivity index (χ3v) is 6.13. The molecule has 0 aromatic heterocycles. The lowest BCUT2D eigenvalue weighted by Crippen LogP contribution is -2.36. The van der Waals surface area contributed by atoms with E-state index in [1.165, 1.54) is 0 Å². The van der Waals surface area contributed by atoms with Gasteiger partial charge >= 0.3 is 0 Å². The van der Waals surface area contributed by atoms with Crippen LogP contribution in [0.2, 0.25) is 5.02 Å². The lowest BCUT2D eigenvalue weighted by Gasteiger charge is -2.22. The SMILES string of the molecule is CN(CCC(=O)NCCc1cccc(Cl)c1)[C@H]1CCS(=O)(=O)C1. The average Bonchev–Trinajstić information content (AvgIpc) is 2.85. The van der Waals surface area contributed by atoms with E-state index in [1.54, 1.807) is 0 Å². The van der Waals surface area contributed by atoms with Crippen molar-refractivity contribution in [2.75, 3.05) is 31.6 Å². The van der Waals surface area contributed by atoms with Gasteiger partial charge in [-0.2, -0.15) is 0 Å². The maximum absolute atomic E-state index is 11.9. The molecule has 0 bridgehead atoms. The minimum Gasteiger partial charge on any atom is -0.356 e. The zero-order valence-electron chi connectivity index (χ0n) is 13.3. The minimum atomic E-state index is -2.88. The lowest BCUT2D eigenvalue weighted by atomic mass is 10.1. The fourth-order valence-corrected chi connectivity index (χ4v) is 4.73. The number of amides is 1. The summed E-state index contributed by atoms with van der Waals surface area (Å²) in [6, 6.07) is 7.63. The van der Waals surface area contributed by atoms with Crippen LogP contribution in [0.3, 0.4) is 0 Å². The molecule has 0 unspecified atom stereocenters. The van der Waals surface area contributed by atoms with Gasteiger partial charge in [0.15, 0.2) is 9.84 Å². The number of halogens is 1. The Morgan fingerprint density at radius 3 is 2.87 bits per heavy atom. The van der Waals surface area contributed by atoms with Gasteiger partial charge in [-0.15, -0.1) is 0 Å². The van der Waals surface area contributed by atoms with Crippen molar-refractivity contribution in [3.05, 3.63) is 34.9 Å². The van der Waals surface area contributed by atoms with Gasteiger partial charge in [-0.1, -0.05) is 23.7 Å². The summed E-state index contributed by atoms with van der Waals surface area (Å²) in [6.07, 6.45) is 1.78. The van der Waals surface area contributed by atoms with Crippen molar-refractivity contribution < 1.29 is 13.2 Å². The molecule has 1 heterocycles. The molecule has 1 amide bonds.